The van der Waals surface area contributed by atoms with Crippen LogP contribution in [0, 0.1) is 0 Å². The zero-order valence-electron chi connectivity index (χ0n) is 9.11. The van der Waals surface area contributed by atoms with E-state index in [1.807, 2.05) is 12.1 Å². The molecule has 0 radical (unpaired) electrons. The topological polar surface area (TPSA) is 33.1 Å². The molecule has 0 aliphatic rings. The van der Waals surface area contributed by atoms with Gasteiger partial charge < -0.3 is 5.11 Å². The highest BCUT2D eigenvalue weighted by molar-refractivity contribution is 8.00. The number of nitrogens with zero attached hydrogens (tertiary/aromatic N) is 1. The summed E-state index contributed by atoms with van der Waals surface area (Å²) in [7, 11) is 0. The maximum atomic E-state index is 9.30. The van der Waals surface area contributed by atoms with Gasteiger partial charge in [0.25, 0.3) is 0 Å². The monoisotopic (exact) mass is 211 g/mol. The minimum Gasteiger partial charge on any atom is -0.389 e. The number of pyridine rings is 1. The Labute approximate surface area is 89.8 Å². The van der Waals surface area contributed by atoms with Gasteiger partial charge in [0.2, 0.25) is 0 Å². The first kappa shape index (κ1) is 11.5. The van der Waals surface area contributed by atoms with E-state index in [0.29, 0.717) is 0 Å². The Hall–Kier alpha value is -0.540. The van der Waals surface area contributed by atoms with Crippen molar-refractivity contribution in [3.63, 3.8) is 0 Å². The van der Waals surface area contributed by atoms with Crippen LogP contribution in [0.5, 0.6) is 0 Å². The summed E-state index contributed by atoms with van der Waals surface area (Å²) in [5.41, 5.74) is 0.864. The Kier molecular flexibility index (Phi) is 3.56. The Balaban J connectivity index is 2.74. The van der Waals surface area contributed by atoms with Crippen molar-refractivity contribution in [2.45, 2.75) is 43.6 Å². The van der Waals surface area contributed by atoms with Crippen LogP contribution in [-0.4, -0.2) is 14.8 Å². The molecular formula is C11H17NOS. The highest BCUT2D eigenvalue weighted by Crippen LogP contribution is 2.30. The van der Waals surface area contributed by atoms with E-state index in [2.05, 4.69) is 25.8 Å². The average Bonchev–Trinajstić information content (AvgIpc) is 2.02. The van der Waals surface area contributed by atoms with Crippen molar-refractivity contribution in [2.24, 2.45) is 0 Å². The molecule has 14 heavy (non-hydrogen) atoms. The summed E-state index contributed by atoms with van der Waals surface area (Å²) in [6.45, 7) is 8.21. The van der Waals surface area contributed by atoms with E-state index in [-0.39, 0.29) is 4.75 Å². The molecule has 0 aliphatic heterocycles. The van der Waals surface area contributed by atoms with Gasteiger partial charge in [0.05, 0.1) is 11.1 Å². The largest absolute Gasteiger partial charge is 0.389 e. The summed E-state index contributed by atoms with van der Waals surface area (Å²) in [6, 6.07) is 3.88. The summed E-state index contributed by atoms with van der Waals surface area (Å²) < 4.78 is 0.180. The van der Waals surface area contributed by atoms with Gasteiger partial charge in [0.1, 0.15) is 0 Å². The normalized spacial score (nSPS) is 14.1. The van der Waals surface area contributed by atoms with Crippen molar-refractivity contribution in [1.29, 1.82) is 0 Å². The fraction of sp³-hybridized carbons (Fsp3) is 0.545. The number of hydrogen-bond donors (Lipinski definition) is 1. The third-order valence-corrected chi connectivity index (χ3v) is 2.72. The molecule has 0 saturated carbocycles. The lowest BCUT2D eigenvalue weighted by Gasteiger charge is -2.16. The first-order valence-electron chi connectivity index (χ1n) is 4.71. The van der Waals surface area contributed by atoms with E-state index in [9.17, 15) is 5.11 Å². The second-order valence-corrected chi connectivity index (χ2v) is 6.17. The van der Waals surface area contributed by atoms with E-state index in [0.717, 1.165) is 10.6 Å². The lowest BCUT2D eigenvalue weighted by molar-refractivity contribution is 0.198. The number of aromatic nitrogens is 1. The van der Waals surface area contributed by atoms with Crippen LogP contribution in [0.3, 0.4) is 0 Å². The highest BCUT2D eigenvalue weighted by atomic mass is 32.2. The molecule has 2 nitrogen and oxygen atoms in total. The summed E-state index contributed by atoms with van der Waals surface area (Å²) in [5, 5.41) is 10.3. The van der Waals surface area contributed by atoms with Gasteiger partial charge in [-0.15, -0.1) is 11.8 Å². The van der Waals surface area contributed by atoms with Crippen LogP contribution >= 0.6 is 11.8 Å². The van der Waals surface area contributed by atoms with E-state index in [4.69, 9.17) is 0 Å². The number of rotatable bonds is 2. The van der Waals surface area contributed by atoms with Crippen molar-refractivity contribution >= 4 is 11.8 Å². The van der Waals surface area contributed by atoms with Crippen LogP contribution in [0.15, 0.2) is 23.4 Å². The van der Waals surface area contributed by atoms with E-state index in [1.165, 1.54) is 0 Å². The Morgan fingerprint density at radius 3 is 2.36 bits per heavy atom. The second-order valence-electron chi connectivity index (χ2n) is 4.32. The third kappa shape index (κ3) is 3.68. The average molecular weight is 211 g/mol. The predicted octanol–water partition coefficient (Wildman–Crippen LogP) is 3.03. The summed E-state index contributed by atoms with van der Waals surface area (Å²) >= 11 is 1.73. The van der Waals surface area contributed by atoms with Gasteiger partial charge in [-0.3, -0.25) is 0 Å². The lowest BCUT2D eigenvalue weighted by Crippen LogP contribution is -2.07. The maximum Gasteiger partial charge on any atom is 0.0965 e. The van der Waals surface area contributed by atoms with Crippen molar-refractivity contribution in [1.82, 2.24) is 4.98 Å². The molecule has 1 aromatic rings. The molecule has 78 valence electrons. The quantitative estimate of drug-likeness (QED) is 0.763. The standard InChI is InChI=1S/C11H17NOS/c1-8(13)9-5-6-10(12-7-9)14-11(2,3)4/h5-8,13H,1-4H3/t8-/m0/s1. The third-order valence-electron chi connectivity index (χ3n) is 1.65. The molecule has 0 amide bonds. The molecule has 0 bridgehead atoms. The van der Waals surface area contributed by atoms with E-state index >= 15 is 0 Å². The van der Waals surface area contributed by atoms with Gasteiger partial charge in [-0.05, 0) is 18.6 Å². The second kappa shape index (κ2) is 4.32. The van der Waals surface area contributed by atoms with Crippen LogP contribution in [0.4, 0.5) is 0 Å². The molecule has 0 spiro atoms. The lowest BCUT2D eigenvalue weighted by atomic mass is 10.2. The summed E-state index contributed by atoms with van der Waals surface area (Å²) in [5.74, 6) is 0. The minimum absolute atomic E-state index is 0.180. The molecule has 3 heteroatoms. The van der Waals surface area contributed by atoms with Gasteiger partial charge in [0, 0.05) is 10.9 Å². The highest BCUT2D eigenvalue weighted by Gasteiger charge is 2.12. The zero-order chi connectivity index (χ0) is 10.8. The van der Waals surface area contributed by atoms with Crippen LogP contribution in [0.2, 0.25) is 0 Å². The molecule has 1 rings (SSSR count). The van der Waals surface area contributed by atoms with Crippen molar-refractivity contribution in [3.8, 4) is 0 Å². The number of hydrogen-bond acceptors (Lipinski definition) is 3. The molecule has 1 aromatic heterocycles. The number of thioether (sulfide) groups is 1. The summed E-state index contributed by atoms with van der Waals surface area (Å²) in [6.07, 6.45) is 1.30. The first-order chi connectivity index (χ1) is 6.38. The van der Waals surface area contributed by atoms with Crippen molar-refractivity contribution in [3.05, 3.63) is 23.9 Å². The van der Waals surface area contributed by atoms with E-state index in [1.54, 1.807) is 24.9 Å². The molecule has 1 heterocycles. The minimum atomic E-state index is -0.434. The molecule has 1 atom stereocenters. The zero-order valence-corrected chi connectivity index (χ0v) is 9.93. The fourth-order valence-electron chi connectivity index (χ4n) is 1.01. The van der Waals surface area contributed by atoms with Crippen LogP contribution in [-0.2, 0) is 0 Å². The smallest absolute Gasteiger partial charge is 0.0965 e. The van der Waals surface area contributed by atoms with Gasteiger partial charge in [-0.25, -0.2) is 4.98 Å². The first-order valence-corrected chi connectivity index (χ1v) is 5.53. The van der Waals surface area contributed by atoms with Crippen LogP contribution < -0.4 is 0 Å². The fourth-order valence-corrected chi connectivity index (χ4v) is 1.88. The SMILES string of the molecule is C[C@H](O)c1ccc(SC(C)(C)C)nc1. The van der Waals surface area contributed by atoms with Gasteiger partial charge >= 0.3 is 0 Å². The summed E-state index contributed by atoms with van der Waals surface area (Å²) in [4.78, 5) is 4.29. The van der Waals surface area contributed by atoms with Gasteiger partial charge in [-0.2, -0.15) is 0 Å². The molecule has 0 fully saturated rings. The molecule has 0 aliphatic carbocycles. The van der Waals surface area contributed by atoms with Crippen LogP contribution in [0.1, 0.15) is 39.4 Å². The number of aliphatic hydroxyl groups excluding tert-OH is 1. The van der Waals surface area contributed by atoms with Crippen LogP contribution in [0.25, 0.3) is 0 Å². The van der Waals surface area contributed by atoms with Crippen molar-refractivity contribution in [2.75, 3.05) is 0 Å². The van der Waals surface area contributed by atoms with E-state index < -0.39 is 6.10 Å². The molecule has 0 unspecified atom stereocenters. The molecular weight excluding hydrogens is 194 g/mol. The predicted molar refractivity (Wildman–Crippen MR) is 60.5 cm³/mol. The van der Waals surface area contributed by atoms with Gasteiger partial charge in [0.15, 0.2) is 0 Å². The number of aliphatic hydroxyl groups is 1. The maximum absolute atomic E-state index is 9.30. The molecule has 1 N–H and O–H groups in total. The Morgan fingerprint density at radius 1 is 1.36 bits per heavy atom. The van der Waals surface area contributed by atoms with Gasteiger partial charge in [-0.1, -0.05) is 26.8 Å². The molecule has 0 aromatic carbocycles. The Bertz CT molecular complexity index is 287. The van der Waals surface area contributed by atoms with Crippen molar-refractivity contribution < 1.29 is 5.11 Å². The molecule has 0 saturated heterocycles. The Morgan fingerprint density at radius 2 is 2.00 bits per heavy atom.